The molecule has 1 saturated carbocycles. The van der Waals surface area contributed by atoms with Gasteiger partial charge in [0, 0.05) is 16.5 Å². The van der Waals surface area contributed by atoms with Gasteiger partial charge < -0.3 is 0 Å². The number of carbonyl (C=O) groups excluding carboxylic acids is 2. The number of carbonyl (C=O) groups is 2. The van der Waals surface area contributed by atoms with E-state index in [1.807, 2.05) is 0 Å². The SMILES string of the molecule is O=C1C2=CC=CC(=S)C2C(=O)N1C1CCCCC1. The average Bonchev–Trinajstić information content (AvgIpc) is 2.64. The van der Waals surface area contributed by atoms with Crippen molar-refractivity contribution in [3.8, 4) is 0 Å². The largest absolute Gasteiger partial charge is 0.275 e. The topological polar surface area (TPSA) is 37.4 Å². The van der Waals surface area contributed by atoms with E-state index >= 15 is 0 Å². The van der Waals surface area contributed by atoms with Crippen LogP contribution in [0.15, 0.2) is 23.8 Å². The molecule has 1 atom stereocenters. The number of rotatable bonds is 1. The van der Waals surface area contributed by atoms with Crippen molar-refractivity contribution in [1.29, 1.82) is 0 Å². The Kier molecular flexibility index (Phi) is 2.90. The van der Waals surface area contributed by atoms with Gasteiger partial charge in [0.25, 0.3) is 5.91 Å². The van der Waals surface area contributed by atoms with Crippen LogP contribution < -0.4 is 0 Å². The number of fused-ring (bicyclic) bond motifs is 1. The fourth-order valence-electron chi connectivity index (χ4n) is 3.11. The molecule has 1 heterocycles. The van der Waals surface area contributed by atoms with Crippen molar-refractivity contribution >= 4 is 28.9 Å². The zero-order valence-electron chi connectivity index (χ0n) is 10.1. The van der Waals surface area contributed by atoms with Crippen LogP contribution in [0.3, 0.4) is 0 Å². The number of thiocarbonyl (C=S) groups is 1. The normalized spacial score (nSPS) is 28.7. The fraction of sp³-hybridized carbons (Fsp3) is 0.500. The lowest BCUT2D eigenvalue weighted by atomic mass is 9.93. The van der Waals surface area contributed by atoms with Crippen LogP contribution in [0.4, 0.5) is 0 Å². The van der Waals surface area contributed by atoms with Crippen molar-refractivity contribution < 1.29 is 9.59 Å². The molecule has 3 rings (SSSR count). The highest BCUT2D eigenvalue weighted by Crippen LogP contribution is 2.35. The second kappa shape index (κ2) is 4.43. The van der Waals surface area contributed by atoms with Crippen LogP contribution in [0.5, 0.6) is 0 Å². The smallest absolute Gasteiger partial charge is 0.257 e. The number of allylic oxidation sites excluding steroid dienone is 3. The van der Waals surface area contributed by atoms with Gasteiger partial charge in [-0.3, -0.25) is 14.5 Å². The molecule has 2 amide bonds. The molecule has 1 unspecified atom stereocenters. The zero-order valence-corrected chi connectivity index (χ0v) is 10.9. The summed E-state index contributed by atoms with van der Waals surface area (Å²) in [6, 6.07) is 0.0908. The van der Waals surface area contributed by atoms with Gasteiger partial charge in [0.05, 0.1) is 0 Å². The third-order valence-electron chi connectivity index (χ3n) is 4.02. The second-order valence-corrected chi connectivity index (χ2v) is 5.59. The van der Waals surface area contributed by atoms with Crippen LogP contribution in [0, 0.1) is 5.92 Å². The van der Waals surface area contributed by atoms with E-state index in [-0.39, 0.29) is 17.9 Å². The van der Waals surface area contributed by atoms with Gasteiger partial charge in [-0.2, -0.15) is 0 Å². The van der Waals surface area contributed by atoms with Crippen molar-refractivity contribution in [3.63, 3.8) is 0 Å². The van der Waals surface area contributed by atoms with Crippen LogP contribution in [0.25, 0.3) is 0 Å². The molecule has 18 heavy (non-hydrogen) atoms. The number of imide groups is 1. The van der Waals surface area contributed by atoms with E-state index in [4.69, 9.17) is 12.2 Å². The molecule has 0 bridgehead atoms. The molecule has 3 nitrogen and oxygen atoms in total. The molecular formula is C14H15NO2S. The summed E-state index contributed by atoms with van der Waals surface area (Å²) < 4.78 is 0. The minimum absolute atomic E-state index is 0.0908. The summed E-state index contributed by atoms with van der Waals surface area (Å²) in [6.07, 6.45) is 10.6. The number of hydrogen-bond donors (Lipinski definition) is 0. The van der Waals surface area contributed by atoms with Gasteiger partial charge in [-0.15, -0.1) is 0 Å². The fourth-order valence-corrected chi connectivity index (χ4v) is 3.41. The lowest BCUT2D eigenvalue weighted by Crippen LogP contribution is -2.41. The van der Waals surface area contributed by atoms with Crippen molar-refractivity contribution in [3.05, 3.63) is 23.8 Å². The first-order valence-corrected chi connectivity index (χ1v) is 6.90. The van der Waals surface area contributed by atoms with Crippen LogP contribution in [0.2, 0.25) is 0 Å². The maximum atomic E-state index is 12.4. The maximum Gasteiger partial charge on any atom is 0.257 e. The van der Waals surface area contributed by atoms with E-state index < -0.39 is 5.92 Å². The molecule has 0 aromatic carbocycles. The number of amides is 2. The lowest BCUT2D eigenvalue weighted by Gasteiger charge is -2.29. The highest BCUT2D eigenvalue weighted by molar-refractivity contribution is 7.80. The third-order valence-corrected chi connectivity index (χ3v) is 4.39. The first-order chi connectivity index (χ1) is 8.70. The molecule has 94 valence electrons. The lowest BCUT2D eigenvalue weighted by molar-refractivity contribution is -0.141. The van der Waals surface area contributed by atoms with Crippen LogP contribution in [-0.4, -0.2) is 27.6 Å². The predicted octanol–water partition coefficient (Wildman–Crippen LogP) is 2.17. The van der Waals surface area contributed by atoms with Crippen molar-refractivity contribution in [2.75, 3.05) is 0 Å². The Bertz CT molecular complexity index is 486. The van der Waals surface area contributed by atoms with E-state index in [9.17, 15) is 9.59 Å². The summed E-state index contributed by atoms with van der Waals surface area (Å²) in [5, 5.41) is 0. The van der Waals surface area contributed by atoms with E-state index in [0.29, 0.717) is 10.4 Å². The number of likely N-dealkylation sites (tertiary alicyclic amines) is 1. The van der Waals surface area contributed by atoms with E-state index in [2.05, 4.69) is 0 Å². The predicted molar refractivity (Wildman–Crippen MR) is 72.0 cm³/mol. The number of hydrogen-bond acceptors (Lipinski definition) is 3. The molecule has 2 fully saturated rings. The Labute approximate surface area is 112 Å². The van der Waals surface area contributed by atoms with E-state index in [1.165, 1.54) is 11.3 Å². The summed E-state index contributed by atoms with van der Waals surface area (Å²) in [6.45, 7) is 0. The van der Waals surface area contributed by atoms with Crippen LogP contribution >= 0.6 is 12.2 Å². The van der Waals surface area contributed by atoms with Gasteiger partial charge in [-0.1, -0.05) is 43.6 Å². The van der Waals surface area contributed by atoms with Crippen LogP contribution in [-0.2, 0) is 9.59 Å². The van der Waals surface area contributed by atoms with Crippen molar-refractivity contribution in [2.24, 2.45) is 5.92 Å². The monoisotopic (exact) mass is 261 g/mol. The summed E-state index contributed by atoms with van der Waals surface area (Å²) in [4.78, 5) is 26.8. The van der Waals surface area contributed by atoms with Gasteiger partial charge in [0.15, 0.2) is 0 Å². The molecule has 1 saturated heterocycles. The van der Waals surface area contributed by atoms with Crippen molar-refractivity contribution in [1.82, 2.24) is 4.90 Å². The third kappa shape index (κ3) is 1.67. The van der Waals surface area contributed by atoms with E-state index in [1.54, 1.807) is 18.2 Å². The Morgan fingerprint density at radius 2 is 1.89 bits per heavy atom. The zero-order chi connectivity index (χ0) is 12.7. The first-order valence-electron chi connectivity index (χ1n) is 6.49. The van der Waals surface area contributed by atoms with Gasteiger partial charge >= 0.3 is 0 Å². The number of nitrogens with zero attached hydrogens (tertiary/aromatic N) is 1. The Hall–Kier alpha value is -1.29. The summed E-state index contributed by atoms with van der Waals surface area (Å²) in [7, 11) is 0. The molecule has 2 aliphatic carbocycles. The Morgan fingerprint density at radius 1 is 1.17 bits per heavy atom. The van der Waals surface area contributed by atoms with E-state index in [0.717, 1.165) is 25.7 Å². The summed E-state index contributed by atoms with van der Waals surface area (Å²) in [5.41, 5.74) is 0.568. The highest BCUT2D eigenvalue weighted by Gasteiger charge is 2.47. The van der Waals surface area contributed by atoms with Gasteiger partial charge in [-0.25, -0.2) is 0 Å². The molecule has 3 aliphatic rings. The summed E-state index contributed by atoms with van der Waals surface area (Å²) in [5.74, 6) is -0.712. The molecule has 0 N–H and O–H groups in total. The summed E-state index contributed by atoms with van der Waals surface area (Å²) >= 11 is 5.20. The molecule has 4 heteroatoms. The molecule has 0 spiro atoms. The highest BCUT2D eigenvalue weighted by atomic mass is 32.1. The first kappa shape index (κ1) is 11.8. The molecule has 0 aromatic heterocycles. The Morgan fingerprint density at radius 3 is 2.56 bits per heavy atom. The van der Waals surface area contributed by atoms with Crippen LogP contribution in [0.1, 0.15) is 32.1 Å². The molecule has 1 aliphatic heterocycles. The minimum atomic E-state index is -0.487. The minimum Gasteiger partial charge on any atom is -0.275 e. The molecule has 0 aromatic rings. The standard InChI is InChI=1S/C14H15NO2S/c16-13-10-7-4-8-11(18)12(10)14(17)15(13)9-5-2-1-3-6-9/h4,7-9,12H,1-3,5-6H2. The molecule has 0 radical (unpaired) electrons. The maximum absolute atomic E-state index is 12.4. The average molecular weight is 261 g/mol. The van der Waals surface area contributed by atoms with Gasteiger partial charge in [0.2, 0.25) is 5.91 Å². The molecular weight excluding hydrogens is 246 g/mol. The van der Waals surface area contributed by atoms with Crippen molar-refractivity contribution in [2.45, 2.75) is 38.1 Å². The second-order valence-electron chi connectivity index (χ2n) is 5.12. The van der Waals surface area contributed by atoms with Gasteiger partial charge in [-0.05, 0) is 18.9 Å². The Balaban J connectivity index is 1.92. The van der Waals surface area contributed by atoms with Gasteiger partial charge in [0.1, 0.15) is 5.92 Å². The quantitative estimate of drug-likeness (QED) is 0.536.